The Bertz CT molecular complexity index is 636. The third kappa shape index (κ3) is 2.27. The van der Waals surface area contributed by atoms with Gasteiger partial charge < -0.3 is 19.9 Å². The fourth-order valence-corrected chi connectivity index (χ4v) is 2.03. The zero-order valence-electron chi connectivity index (χ0n) is 11.4. The average molecular weight is 291 g/mol. The van der Waals surface area contributed by atoms with Crippen LogP contribution in [0.4, 0.5) is 0 Å². The number of amides is 1. The summed E-state index contributed by atoms with van der Waals surface area (Å²) in [6.45, 7) is 0. The second kappa shape index (κ2) is 5.37. The first kappa shape index (κ1) is 14.7. The number of carbonyl (C=O) groups excluding carboxylic acids is 3. The molecule has 110 valence electrons. The van der Waals surface area contributed by atoms with Crippen LogP contribution in [0.2, 0.25) is 0 Å². The van der Waals surface area contributed by atoms with Gasteiger partial charge in [0.05, 0.1) is 14.2 Å². The molecule has 1 aliphatic rings. The molecule has 1 heterocycles. The SMILES string of the molecule is COC(=O)C1=C(OC)C(=O)C(O)(c2ccccc2)NC1=O. The van der Waals surface area contributed by atoms with Crippen molar-refractivity contribution in [2.45, 2.75) is 5.72 Å². The number of ketones is 1. The van der Waals surface area contributed by atoms with Crippen molar-refractivity contribution < 1.29 is 29.0 Å². The number of carbonyl (C=O) groups is 3. The van der Waals surface area contributed by atoms with E-state index < -0.39 is 34.7 Å². The number of methoxy groups -OCH3 is 2. The third-order valence-corrected chi connectivity index (χ3v) is 3.07. The molecule has 1 unspecified atom stereocenters. The summed E-state index contributed by atoms with van der Waals surface area (Å²) in [6, 6.07) is 7.82. The minimum Gasteiger partial charge on any atom is -0.492 e. The van der Waals surface area contributed by atoms with Crippen molar-refractivity contribution in [3.63, 3.8) is 0 Å². The van der Waals surface area contributed by atoms with E-state index in [0.29, 0.717) is 0 Å². The summed E-state index contributed by atoms with van der Waals surface area (Å²) in [5.74, 6) is -3.47. The van der Waals surface area contributed by atoms with Crippen LogP contribution in [-0.4, -0.2) is 37.0 Å². The summed E-state index contributed by atoms with van der Waals surface area (Å²) >= 11 is 0. The van der Waals surface area contributed by atoms with Crippen LogP contribution < -0.4 is 5.32 Å². The van der Waals surface area contributed by atoms with Gasteiger partial charge in [-0.2, -0.15) is 0 Å². The van der Waals surface area contributed by atoms with Crippen molar-refractivity contribution in [1.82, 2.24) is 5.32 Å². The summed E-state index contributed by atoms with van der Waals surface area (Å²) in [5.41, 5.74) is -2.71. The Morgan fingerprint density at radius 1 is 1.19 bits per heavy atom. The molecule has 0 fully saturated rings. The monoisotopic (exact) mass is 291 g/mol. The lowest BCUT2D eigenvalue weighted by Gasteiger charge is -2.32. The summed E-state index contributed by atoms with van der Waals surface area (Å²) in [7, 11) is 2.19. The number of hydrogen-bond acceptors (Lipinski definition) is 6. The topological polar surface area (TPSA) is 102 Å². The molecule has 0 bridgehead atoms. The zero-order chi connectivity index (χ0) is 15.6. The molecule has 2 N–H and O–H groups in total. The maximum Gasteiger partial charge on any atom is 0.347 e. The van der Waals surface area contributed by atoms with E-state index in [2.05, 4.69) is 10.1 Å². The van der Waals surface area contributed by atoms with Crippen LogP contribution in [0.15, 0.2) is 41.7 Å². The number of esters is 1. The number of hydrogen-bond donors (Lipinski definition) is 2. The molecule has 1 atom stereocenters. The van der Waals surface area contributed by atoms with Gasteiger partial charge >= 0.3 is 5.97 Å². The molecule has 7 heteroatoms. The van der Waals surface area contributed by atoms with Crippen molar-refractivity contribution >= 4 is 17.7 Å². The first-order valence-corrected chi connectivity index (χ1v) is 5.97. The Labute approximate surface area is 120 Å². The van der Waals surface area contributed by atoms with Gasteiger partial charge in [-0.15, -0.1) is 0 Å². The van der Waals surface area contributed by atoms with Crippen molar-refractivity contribution in [3.05, 3.63) is 47.2 Å². The number of aliphatic hydroxyl groups is 1. The quantitative estimate of drug-likeness (QED) is 0.580. The van der Waals surface area contributed by atoms with Crippen molar-refractivity contribution in [2.24, 2.45) is 0 Å². The first-order valence-electron chi connectivity index (χ1n) is 5.97. The van der Waals surface area contributed by atoms with Crippen LogP contribution in [-0.2, 0) is 29.6 Å². The number of Topliss-reactive ketones (excluding diaryl/α,β-unsaturated/α-hetero) is 1. The summed E-state index contributed by atoms with van der Waals surface area (Å²) in [6.07, 6.45) is 0. The smallest absolute Gasteiger partial charge is 0.347 e. The van der Waals surface area contributed by atoms with Crippen LogP contribution in [0.3, 0.4) is 0 Å². The van der Waals surface area contributed by atoms with E-state index in [0.717, 1.165) is 14.2 Å². The maximum atomic E-state index is 12.4. The third-order valence-electron chi connectivity index (χ3n) is 3.07. The van der Waals surface area contributed by atoms with Gasteiger partial charge in [-0.05, 0) is 0 Å². The molecular formula is C14H13NO6. The molecule has 1 aliphatic heterocycles. The van der Waals surface area contributed by atoms with Crippen LogP contribution in [0, 0.1) is 0 Å². The molecule has 1 aromatic rings. The highest BCUT2D eigenvalue weighted by Crippen LogP contribution is 2.29. The summed E-state index contributed by atoms with van der Waals surface area (Å²) < 4.78 is 9.28. The molecule has 0 spiro atoms. The molecule has 21 heavy (non-hydrogen) atoms. The molecule has 7 nitrogen and oxygen atoms in total. The molecule has 0 radical (unpaired) electrons. The molecule has 0 saturated heterocycles. The lowest BCUT2D eigenvalue weighted by molar-refractivity contribution is -0.153. The number of ether oxygens (including phenoxy) is 2. The average Bonchev–Trinajstić information content (AvgIpc) is 2.50. The van der Waals surface area contributed by atoms with Gasteiger partial charge in [-0.3, -0.25) is 9.59 Å². The van der Waals surface area contributed by atoms with E-state index in [-0.39, 0.29) is 5.56 Å². The van der Waals surface area contributed by atoms with Gasteiger partial charge in [0.1, 0.15) is 0 Å². The Balaban J connectivity index is 2.59. The molecule has 2 rings (SSSR count). The van der Waals surface area contributed by atoms with Crippen LogP contribution in [0.25, 0.3) is 0 Å². The molecule has 0 aromatic heterocycles. The predicted molar refractivity (Wildman–Crippen MR) is 69.5 cm³/mol. The van der Waals surface area contributed by atoms with Gasteiger partial charge in [-0.1, -0.05) is 30.3 Å². The van der Waals surface area contributed by atoms with Gasteiger partial charge in [0.15, 0.2) is 11.3 Å². The summed E-state index contributed by atoms with van der Waals surface area (Å²) in [4.78, 5) is 36.0. The van der Waals surface area contributed by atoms with Crippen LogP contribution >= 0.6 is 0 Å². The minimum atomic E-state index is -2.29. The molecule has 1 amide bonds. The van der Waals surface area contributed by atoms with E-state index in [9.17, 15) is 19.5 Å². The van der Waals surface area contributed by atoms with Gasteiger partial charge in [0.2, 0.25) is 5.72 Å². The Morgan fingerprint density at radius 3 is 2.33 bits per heavy atom. The molecular weight excluding hydrogens is 278 g/mol. The summed E-state index contributed by atoms with van der Waals surface area (Å²) in [5, 5.41) is 12.6. The Hall–Kier alpha value is -2.67. The normalized spacial score (nSPS) is 21.9. The predicted octanol–water partition coefficient (Wildman–Crippen LogP) is -0.396. The largest absolute Gasteiger partial charge is 0.492 e. The van der Waals surface area contributed by atoms with E-state index in [1.807, 2.05) is 0 Å². The molecule has 0 aliphatic carbocycles. The lowest BCUT2D eigenvalue weighted by Crippen LogP contribution is -2.57. The molecule has 0 saturated carbocycles. The van der Waals surface area contributed by atoms with Crippen molar-refractivity contribution in [1.29, 1.82) is 0 Å². The van der Waals surface area contributed by atoms with Crippen LogP contribution in [0.5, 0.6) is 0 Å². The highest BCUT2D eigenvalue weighted by Gasteiger charge is 2.50. The number of rotatable bonds is 3. The Morgan fingerprint density at radius 2 is 1.81 bits per heavy atom. The lowest BCUT2D eigenvalue weighted by atomic mass is 9.91. The van der Waals surface area contributed by atoms with E-state index >= 15 is 0 Å². The maximum absolute atomic E-state index is 12.4. The van der Waals surface area contributed by atoms with E-state index in [4.69, 9.17) is 4.74 Å². The second-order valence-electron chi connectivity index (χ2n) is 4.26. The van der Waals surface area contributed by atoms with Gasteiger partial charge in [0.25, 0.3) is 11.7 Å². The van der Waals surface area contributed by atoms with Gasteiger partial charge in [-0.25, -0.2) is 4.79 Å². The standard InChI is InChI=1S/C14H13NO6/c1-20-10-9(13(18)21-2)12(17)15-14(19,11(10)16)8-6-4-3-5-7-8/h3-7,19H,1-2H3,(H,15,17). The fraction of sp³-hybridized carbons (Fsp3) is 0.214. The highest BCUT2D eigenvalue weighted by molar-refractivity contribution is 6.25. The second-order valence-corrected chi connectivity index (χ2v) is 4.26. The zero-order valence-corrected chi connectivity index (χ0v) is 11.4. The number of nitrogens with one attached hydrogen (secondary N) is 1. The molecule has 1 aromatic carbocycles. The van der Waals surface area contributed by atoms with E-state index in [1.165, 1.54) is 12.1 Å². The fourth-order valence-electron chi connectivity index (χ4n) is 2.03. The van der Waals surface area contributed by atoms with Crippen molar-refractivity contribution in [2.75, 3.05) is 14.2 Å². The number of benzene rings is 1. The van der Waals surface area contributed by atoms with E-state index in [1.54, 1.807) is 18.2 Å². The van der Waals surface area contributed by atoms with Gasteiger partial charge in [0, 0.05) is 5.56 Å². The first-order chi connectivity index (χ1) is 9.95. The van der Waals surface area contributed by atoms with Crippen molar-refractivity contribution in [3.8, 4) is 0 Å². The highest BCUT2D eigenvalue weighted by atomic mass is 16.5. The minimum absolute atomic E-state index is 0.154. The Kier molecular flexibility index (Phi) is 3.77. The van der Waals surface area contributed by atoms with Crippen LogP contribution in [0.1, 0.15) is 5.56 Å².